The summed E-state index contributed by atoms with van der Waals surface area (Å²) in [4.78, 5) is 19.8. The van der Waals surface area contributed by atoms with Gasteiger partial charge in [0.25, 0.3) is 5.91 Å². The molecule has 5 nitrogen and oxygen atoms in total. The SMILES string of the molecule is NC(=S)c1ccc(C(=O)Nc2nc3ccccc3[nH]2)cc1. The number of rotatable bonds is 3. The quantitative estimate of drug-likeness (QED) is 0.648. The van der Waals surface area contributed by atoms with E-state index in [9.17, 15) is 4.79 Å². The highest BCUT2D eigenvalue weighted by molar-refractivity contribution is 7.80. The van der Waals surface area contributed by atoms with Crippen LogP contribution in [0.15, 0.2) is 48.5 Å². The fraction of sp³-hybridized carbons (Fsp3) is 0. The first-order valence-electron chi connectivity index (χ1n) is 6.29. The van der Waals surface area contributed by atoms with Crippen LogP contribution in [0.5, 0.6) is 0 Å². The zero-order valence-electron chi connectivity index (χ0n) is 11.0. The van der Waals surface area contributed by atoms with Crippen molar-refractivity contribution in [3.63, 3.8) is 0 Å². The number of carbonyl (C=O) groups excluding carboxylic acids is 1. The van der Waals surface area contributed by atoms with E-state index >= 15 is 0 Å². The third kappa shape index (κ3) is 2.75. The molecular formula is C15H12N4OS. The van der Waals surface area contributed by atoms with Crippen LogP contribution >= 0.6 is 12.2 Å². The van der Waals surface area contributed by atoms with Crippen LogP contribution in [0.25, 0.3) is 11.0 Å². The Hall–Kier alpha value is -2.73. The molecule has 6 heteroatoms. The predicted octanol–water partition coefficient (Wildman–Crippen LogP) is 2.45. The van der Waals surface area contributed by atoms with Gasteiger partial charge in [-0.2, -0.15) is 0 Å². The zero-order chi connectivity index (χ0) is 14.8. The Bertz CT molecular complexity index is 790. The number of H-pyrrole nitrogens is 1. The van der Waals surface area contributed by atoms with Crippen LogP contribution in [0.3, 0.4) is 0 Å². The number of amides is 1. The van der Waals surface area contributed by atoms with Crippen LogP contribution < -0.4 is 11.1 Å². The minimum Gasteiger partial charge on any atom is -0.389 e. The number of hydrogen-bond donors (Lipinski definition) is 3. The normalized spacial score (nSPS) is 10.5. The third-order valence-electron chi connectivity index (χ3n) is 3.05. The number of anilines is 1. The van der Waals surface area contributed by atoms with E-state index in [1.54, 1.807) is 24.3 Å². The summed E-state index contributed by atoms with van der Waals surface area (Å²) in [6, 6.07) is 14.3. The highest BCUT2D eigenvalue weighted by atomic mass is 32.1. The smallest absolute Gasteiger partial charge is 0.257 e. The van der Waals surface area contributed by atoms with E-state index in [0.717, 1.165) is 16.6 Å². The molecule has 0 aliphatic heterocycles. The molecule has 0 saturated carbocycles. The molecule has 0 atom stereocenters. The van der Waals surface area contributed by atoms with Gasteiger partial charge in [0.2, 0.25) is 5.95 Å². The lowest BCUT2D eigenvalue weighted by Gasteiger charge is -2.03. The van der Waals surface area contributed by atoms with Crippen molar-refractivity contribution < 1.29 is 4.79 Å². The van der Waals surface area contributed by atoms with Gasteiger partial charge in [-0.15, -0.1) is 0 Å². The van der Waals surface area contributed by atoms with Gasteiger partial charge < -0.3 is 10.7 Å². The Balaban J connectivity index is 1.80. The van der Waals surface area contributed by atoms with Crippen LogP contribution in [0.2, 0.25) is 0 Å². The van der Waals surface area contributed by atoms with E-state index in [2.05, 4.69) is 15.3 Å². The molecule has 3 aromatic rings. The van der Waals surface area contributed by atoms with Gasteiger partial charge in [0, 0.05) is 11.1 Å². The van der Waals surface area contributed by atoms with Gasteiger partial charge in [-0.3, -0.25) is 10.1 Å². The largest absolute Gasteiger partial charge is 0.389 e. The summed E-state index contributed by atoms with van der Waals surface area (Å²) in [6.45, 7) is 0. The Labute approximate surface area is 126 Å². The van der Waals surface area contributed by atoms with E-state index in [4.69, 9.17) is 18.0 Å². The van der Waals surface area contributed by atoms with Crippen molar-refractivity contribution in [3.8, 4) is 0 Å². The summed E-state index contributed by atoms with van der Waals surface area (Å²) in [5, 5.41) is 2.73. The highest BCUT2D eigenvalue weighted by Gasteiger charge is 2.09. The van der Waals surface area contributed by atoms with E-state index in [1.807, 2.05) is 24.3 Å². The number of benzene rings is 2. The molecule has 0 radical (unpaired) electrons. The molecule has 104 valence electrons. The van der Waals surface area contributed by atoms with Crippen LogP contribution in [0, 0.1) is 0 Å². The van der Waals surface area contributed by atoms with Crippen LogP contribution in [0.1, 0.15) is 15.9 Å². The lowest BCUT2D eigenvalue weighted by molar-refractivity contribution is 0.102. The fourth-order valence-corrected chi connectivity index (χ4v) is 2.11. The summed E-state index contributed by atoms with van der Waals surface area (Å²) < 4.78 is 0. The average Bonchev–Trinajstić information content (AvgIpc) is 2.89. The van der Waals surface area contributed by atoms with Crippen molar-refractivity contribution in [2.45, 2.75) is 0 Å². The van der Waals surface area contributed by atoms with E-state index < -0.39 is 0 Å². The van der Waals surface area contributed by atoms with Gasteiger partial charge in [0.05, 0.1) is 11.0 Å². The number of para-hydroxylation sites is 2. The molecule has 0 aliphatic carbocycles. The Morgan fingerprint density at radius 1 is 1.10 bits per heavy atom. The number of aromatic amines is 1. The van der Waals surface area contributed by atoms with Gasteiger partial charge in [-0.05, 0) is 24.3 Å². The molecule has 4 N–H and O–H groups in total. The monoisotopic (exact) mass is 296 g/mol. The van der Waals surface area contributed by atoms with Crippen LogP contribution in [0.4, 0.5) is 5.95 Å². The first kappa shape index (κ1) is 13.3. The maximum absolute atomic E-state index is 12.1. The number of thiocarbonyl (C=S) groups is 1. The molecule has 0 spiro atoms. The van der Waals surface area contributed by atoms with Crippen LogP contribution in [-0.2, 0) is 0 Å². The summed E-state index contributed by atoms with van der Waals surface area (Å²) >= 11 is 4.87. The molecule has 0 unspecified atom stereocenters. The lowest BCUT2D eigenvalue weighted by atomic mass is 10.1. The summed E-state index contributed by atoms with van der Waals surface area (Å²) in [7, 11) is 0. The second-order valence-electron chi connectivity index (χ2n) is 4.50. The number of carbonyl (C=O) groups is 1. The summed E-state index contributed by atoms with van der Waals surface area (Å²) in [5.41, 5.74) is 8.43. The average molecular weight is 296 g/mol. The van der Waals surface area contributed by atoms with Gasteiger partial charge in [-0.1, -0.05) is 36.5 Å². The van der Waals surface area contributed by atoms with E-state index in [-0.39, 0.29) is 5.91 Å². The number of nitrogens with zero attached hydrogens (tertiary/aromatic N) is 1. The Morgan fingerprint density at radius 3 is 2.43 bits per heavy atom. The highest BCUT2D eigenvalue weighted by Crippen LogP contribution is 2.14. The number of aromatic nitrogens is 2. The third-order valence-corrected chi connectivity index (χ3v) is 3.29. The molecule has 2 aromatic carbocycles. The van der Waals surface area contributed by atoms with Crippen molar-refractivity contribution in [1.82, 2.24) is 9.97 Å². The van der Waals surface area contributed by atoms with Crippen molar-refractivity contribution >= 4 is 40.1 Å². The van der Waals surface area contributed by atoms with Gasteiger partial charge in [0.1, 0.15) is 4.99 Å². The first-order valence-corrected chi connectivity index (χ1v) is 6.70. The molecule has 3 rings (SSSR count). The van der Waals surface area contributed by atoms with E-state index in [1.165, 1.54) is 0 Å². The molecule has 0 bridgehead atoms. The molecular weight excluding hydrogens is 284 g/mol. The molecule has 1 aromatic heterocycles. The van der Waals surface area contributed by atoms with Crippen molar-refractivity contribution in [2.24, 2.45) is 5.73 Å². The lowest BCUT2D eigenvalue weighted by Crippen LogP contribution is -2.14. The predicted molar refractivity (Wildman–Crippen MR) is 86.4 cm³/mol. The Kier molecular flexibility index (Phi) is 3.37. The summed E-state index contributed by atoms with van der Waals surface area (Å²) in [6.07, 6.45) is 0. The molecule has 1 amide bonds. The molecule has 21 heavy (non-hydrogen) atoms. The van der Waals surface area contributed by atoms with Gasteiger partial charge >= 0.3 is 0 Å². The second-order valence-corrected chi connectivity index (χ2v) is 4.94. The topological polar surface area (TPSA) is 83.8 Å². The number of fused-ring (bicyclic) bond motifs is 1. The molecule has 0 aliphatic rings. The number of nitrogens with one attached hydrogen (secondary N) is 2. The maximum atomic E-state index is 12.1. The maximum Gasteiger partial charge on any atom is 0.257 e. The number of imidazole rings is 1. The van der Waals surface area contributed by atoms with Gasteiger partial charge in [0.15, 0.2) is 0 Å². The second kappa shape index (κ2) is 5.34. The van der Waals surface area contributed by atoms with Crippen LogP contribution in [-0.4, -0.2) is 20.9 Å². The minimum absolute atomic E-state index is 0.247. The molecule has 1 heterocycles. The van der Waals surface area contributed by atoms with Gasteiger partial charge in [-0.25, -0.2) is 4.98 Å². The zero-order valence-corrected chi connectivity index (χ0v) is 11.8. The molecule has 0 saturated heterocycles. The standard InChI is InChI=1S/C15H12N4OS/c16-13(21)9-5-7-10(8-6-9)14(20)19-15-17-11-3-1-2-4-12(11)18-15/h1-8H,(H2,16,21)(H2,17,18,19,20). The van der Waals surface area contributed by atoms with Crippen molar-refractivity contribution in [3.05, 3.63) is 59.7 Å². The fourth-order valence-electron chi connectivity index (χ4n) is 1.98. The minimum atomic E-state index is -0.247. The van der Waals surface area contributed by atoms with E-state index in [0.29, 0.717) is 16.5 Å². The molecule has 0 fully saturated rings. The summed E-state index contributed by atoms with van der Waals surface area (Å²) in [5.74, 6) is 0.170. The van der Waals surface area contributed by atoms with Crippen molar-refractivity contribution in [1.29, 1.82) is 0 Å². The first-order chi connectivity index (χ1) is 10.1. The van der Waals surface area contributed by atoms with Crippen molar-refractivity contribution in [2.75, 3.05) is 5.32 Å². The number of nitrogens with two attached hydrogens (primary N) is 1. The Morgan fingerprint density at radius 2 is 1.76 bits per heavy atom. The number of hydrogen-bond acceptors (Lipinski definition) is 3.